The zero-order chi connectivity index (χ0) is 14.8. The molecule has 0 aliphatic carbocycles. The number of hydrogen-bond acceptors (Lipinski definition) is 4. The van der Waals surface area contributed by atoms with Crippen LogP contribution < -0.4 is 5.32 Å². The predicted molar refractivity (Wildman–Crippen MR) is 87.2 cm³/mol. The van der Waals surface area contributed by atoms with Crippen molar-refractivity contribution in [3.8, 4) is 0 Å². The van der Waals surface area contributed by atoms with E-state index in [1.807, 2.05) is 0 Å². The van der Waals surface area contributed by atoms with Gasteiger partial charge in [-0.25, -0.2) is 4.98 Å². The average Bonchev–Trinajstić information content (AvgIpc) is 2.84. The third-order valence-electron chi connectivity index (χ3n) is 4.92. The minimum absolute atomic E-state index is 0.295. The standard InChI is InChI=1S/C16H29N3S/c1-6-16(7-2)11-17-15(12(3)4)9-19(16)8-14-10-20-13(5)18-14/h10,12,15,17H,6-9,11H2,1-5H3. The van der Waals surface area contributed by atoms with E-state index in [0.717, 1.165) is 19.6 Å². The Bertz CT molecular complexity index is 423. The molecule has 1 aliphatic heterocycles. The second kappa shape index (κ2) is 6.54. The number of rotatable bonds is 5. The van der Waals surface area contributed by atoms with Crippen molar-refractivity contribution < 1.29 is 0 Å². The van der Waals surface area contributed by atoms with Crippen LogP contribution in [0.2, 0.25) is 0 Å². The van der Waals surface area contributed by atoms with Crippen molar-refractivity contribution in [2.45, 2.75) is 65.6 Å². The zero-order valence-corrected chi connectivity index (χ0v) is 14.4. The van der Waals surface area contributed by atoms with Gasteiger partial charge in [0.1, 0.15) is 0 Å². The van der Waals surface area contributed by atoms with Gasteiger partial charge in [-0.1, -0.05) is 27.7 Å². The summed E-state index contributed by atoms with van der Waals surface area (Å²) in [6, 6.07) is 0.598. The van der Waals surface area contributed by atoms with Crippen LogP contribution in [0.25, 0.3) is 0 Å². The van der Waals surface area contributed by atoms with E-state index < -0.39 is 0 Å². The molecule has 3 nitrogen and oxygen atoms in total. The van der Waals surface area contributed by atoms with Crippen molar-refractivity contribution in [1.82, 2.24) is 15.2 Å². The van der Waals surface area contributed by atoms with Gasteiger partial charge < -0.3 is 5.32 Å². The lowest BCUT2D eigenvalue weighted by Gasteiger charge is -2.50. The molecule has 0 amide bonds. The molecule has 0 spiro atoms. The van der Waals surface area contributed by atoms with Crippen molar-refractivity contribution in [2.75, 3.05) is 13.1 Å². The fourth-order valence-corrected chi connectivity index (χ4v) is 3.83. The molecule has 20 heavy (non-hydrogen) atoms. The quantitative estimate of drug-likeness (QED) is 0.902. The summed E-state index contributed by atoms with van der Waals surface area (Å²) in [4.78, 5) is 7.35. The minimum atomic E-state index is 0.295. The monoisotopic (exact) mass is 295 g/mol. The molecule has 0 saturated carbocycles. The lowest BCUT2D eigenvalue weighted by Crippen LogP contribution is -2.64. The summed E-state index contributed by atoms with van der Waals surface area (Å²) in [5.74, 6) is 0.682. The summed E-state index contributed by atoms with van der Waals surface area (Å²) in [5.41, 5.74) is 1.53. The summed E-state index contributed by atoms with van der Waals surface area (Å²) in [6.07, 6.45) is 2.40. The molecule has 0 aromatic carbocycles. The Morgan fingerprint density at radius 3 is 2.65 bits per heavy atom. The maximum Gasteiger partial charge on any atom is 0.0897 e. The van der Waals surface area contributed by atoms with Gasteiger partial charge >= 0.3 is 0 Å². The number of nitrogens with one attached hydrogen (secondary N) is 1. The molecule has 1 aromatic rings. The van der Waals surface area contributed by atoms with Crippen LogP contribution in [-0.2, 0) is 6.54 Å². The summed E-state index contributed by atoms with van der Waals surface area (Å²) < 4.78 is 0. The van der Waals surface area contributed by atoms with Crippen LogP contribution in [0.5, 0.6) is 0 Å². The second-order valence-corrected chi connectivity index (χ2v) is 7.46. The van der Waals surface area contributed by atoms with Crippen molar-refractivity contribution >= 4 is 11.3 Å². The first-order valence-electron chi connectivity index (χ1n) is 7.90. The lowest BCUT2D eigenvalue weighted by atomic mass is 9.85. The van der Waals surface area contributed by atoms with Gasteiger partial charge in [0.05, 0.1) is 10.7 Å². The highest BCUT2D eigenvalue weighted by atomic mass is 32.1. The summed E-state index contributed by atoms with van der Waals surface area (Å²) >= 11 is 1.76. The molecule has 1 atom stereocenters. The molecule has 0 radical (unpaired) electrons. The minimum Gasteiger partial charge on any atom is -0.311 e. The lowest BCUT2D eigenvalue weighted by molar-refractivity contribution is 0.0148. The van der Waals surface area contributed by atoms with Crippen molar-refractivity contribution in [1.29, 1.82) is 0 Å². The van der Waals surface area contributed by atoms with E-state index >= 15 is 0 Å². The Labute approximate surface area is 127 Å². The van der Waals surface area contributed by atoms with E-state index in [4.69, 9.17) is 0 Å². The molecular weight excluding hydrogens is 266 g/mol. The van der Waals surface area contributed by atoms with Gasteiger partial charge in [-0.15, -0.1) is 11.3 Å². The van der Waals surface area contributed by atoms with Crippen molar-refractivity contribution in [3.63, 3.8) is 0 Å². The summed E-state index contributed by atoms with van der Waals surface area (Å²) in [6.45, 7) is 14.6. The van der Waals surface area contributed by atoms with Gasteiger partial charge in [0.25, 0.3) is 0 Å². The maximum atomic E-state index is 4.67. The average molecular weight is 295 g/mol. The van der Waals surface area contributed by atoms with Gasteiger partial charge in [0.15, 0.2) is 0 Å². The van der Waals surface area contributed by atoms with E-state index in [0.29, 0.717) is 17.5 Å². The summed E-state index contributed by atoms with van der Waals surface area (Å²) in [5, 5.41) is 7.17. The van der Waals surface area contributed by atoms with Crippen LogP contribution in [0.1, 0.15) is 51.2 Å². The van der Waals surface area contributed by atoms with E-state index in [2.05, 4.69) is 55.2 Å². The van der Waals surface area contributed by atoms with Crippen LogP contribution in [-0.4, -0.2) is 34.6 Å². The van der Waals surface area contributed by atoms with Gasteiger partial charge in [-0.3, -0.25) is 4.90 Å². The fourth-order valence-electron chi connectivity index (χ4n) is 3.23. The number of aryl methyl sites for hydroxylation is 1. The van der Waals surface area contributed by atoms with Gasteiger partial charge in [0, 0.05) is 36.6 Å². The molecule has 1 aromatic heterocycles. The first-order valence-corrected chi connectivity index (χ1v) is 8.78. The molecule has 4 heteroatoms. The molecular formula is C16H29N3S. The molecule has 114 valence electrons. The van der Waals surface area contributed by atoms with Crippen LogP contribution in [0.3, 0.4) is 0 Å². The number of hydrogen-bond donors (Lipinski definition) is 1. The number of nitrogens with zero attached hydrogens (tertiary/aromatic N) is 2. The first kappa shape index (κ1) is 15.9. The first-order chi connectivity index (χ1) is 9.50. The Hall–Kier alpha value is -0.450. The van der Waals surface area contributed by atoms with Crippen LogP contribution in [0.15, 0.2) is 5.38 Å². The molecule has 2 rings (SSSR count). The Balaban J connectivity index is 2.17. The van der Waals surface area contributed by atoms with Crippen molar-refractivity contribution in [2.24, 2.45) is 5.92 Å². The third-order valence-corrected chi connectivity index (χ3v) is 5.74. The van der Waals surface area contributed by atoms with Gasteiger partial charge in [0.2, 0.25) is 0 Å². The highest BCUT2D eigenvalue weighted by Gasteiger charge is 2.39. The zero-order valence-electron chi connectivity index (χ0n) is 13.6. The van der Waals surface area contributed by atoms with Gasteiger partial charge in [-0.05, 0) is 25.7 Å². The van der Waals surface area contributed by atoms with E-state index in [1.165, 1.54) is 23.5 Å². The Morgan fingerprint density at radius 1 is 1.45 bits per heavy atom. The molecule has 1 saturated heterocycles. The van der Waals surface area contributed by atoms with Gasteiger partial charge in [-0.2, -0.15) is 0 Å². The Morgan fingerprint density at radius 2 is 2.15 bits per heavy atom. The molecule has 2 heterocycles. The van der Waals surface area contributed by atoms with Crippen LogP contribution in [0, 0.1) is 12.8 Å². The van der Waals surface area contributed by atoms with Crippen LogP contribution >= 0.6 is 11.3 Å². The highest BCUT2D eigenvalue weighted by molar-refractivity contribution is 7.09. The number of piperazine rings is 1. The largest absolute Gasteiger partial charge is 0.311 e. The molecule has 1 aliphatic rings. The molecule has 0 bridgehead atoms. The van der Waals surface area contributed by atoms with E-state index in [-0.39, 0.29) is 0 Å². The number of aromatic nitrogens is 1. The second-order valence-electron chi connectivity index (χ2n) is 6.40. The topological polar surface area (TPSA) is 28.2 Å². The van der Waals surface area contributed by atoms with E-state index in [1.54, 1.807) is 11.3 Å². The summed E-state index contributed by atoms with van der Waals surface area (Å²) in [7, 11) is 0. The highest BCUT2D eigenvalue weighted by Crippen LogP contribution is 2.30. The Kier molecular flexibility index (Phi) is 5.21. The molecule has 1 N–H and O–H groups in total. The normalized spacial score (nSPS) is 23.4. The predicted octanol–water partition coefficient (Wildman–Crippen LogP) is 3.44. The third kappa shape index (κ3) is 3.23. The molecule has 1 fully saturated rings. The maximum absolute atomic E-state index is 4.67. The fraction of sp³-hybridized carbons (Fsp3) is 0.812. The van der Waals surface area contributed by atoms with Crippen molar-refractivity contribution in [3.05, 3.63) is 16.1 Å². The number of thiazole rings is 1. The SMILES string of the molecule is CCC1(CC)CNC(C(C)C)CN1Cc1csc(C)n1. The van der Waals surface area contributed by atoms with E-state index in [9.17, 15) is 0 Å². The smallest absolute Gasteiger partial charge is 0.0897 e. The van der Waals surface area contributed by atoms with Crippen LogP contribution in [0.4, 0.5) is 0 Å². The molecule has 1 unspecified atom stereocenters.